The molecule has 0 aliphatic heterocycles. The number of halogens is 1. The van der Waals surface area contributed by atoms with Gasteiger partial charge >= 0.3 is 5.97 Å². The minimum Gasteiger partial charge on any atom is -0.478 e. The number of hydrogen-bond acceptors (Lipinski definition) is 4. The van der Waals surface area contributed by atoms with E-state index in [-0.39, 0.29) is 17.7 Å². The summed E-state index contributed by atoms with van der Waals surface area (Å²) in [6, 6.07) is 7.24. The maximum atomic E-state index is 13.1. The third-order valence-electron chi connectivity index (χ3n) is 2.75. The van der Waals surface area contributed by atoms with E-state index in [1.807, 2.05) is 0 Å². The molecule has 1 heterocycles. The summed E-state index contributed by atoms with van der Waals surface area (Å²) in [5, 5.41) is 20.6. The second kappa shape index (κ2) is 5.45. The number of aromatic carboxylic acids is 1. The van der Waals surface area contributed by atoms with E-state index in [2.05, 4.69) is 5.32 Å². The van der Waals surface area contributed by atoms with Gasteiger partial charge in [-0.1, -0.05) is 0 Å². The van der Waals surface area contributed by atoms with Crippen LogP contribution in [-0.4, -0.2) is 11.1 Å². The summed E-state index contributed by atoms with van der Waals surface area (Å²) >= 11 is 0. The highest BCUT2D eigenvalue weighted by Gasteiger charge is 2.13. The van der Waals surface area contributed by atoms with Crippen molar-refractivity contribution in [3.05, 3.63) is 52.7 Å². The van der Waals surface area contributed by atoms with Crippen molar-refractivity contribution >= 4 is 11.7 Å². The lowest BCUT2D eigenvalue weighted by molar-refractivity contribution is 0.0695. The van der Waals surface area contributed by atoms with Gasteiger partial charge in [0.1, 0.15) is 29.0 Å². The van der Waals surface area contributed by atoms with Crippen LogP contribution in [0.5, 0.6) is 0 Å². The summed E-state index contributed by atoms with van der Waals surface area (Å²) in [4.78, 5) is 10.9. The number of rotatable bonds is 4. The third-order valence-corrected chi connectivity index (χ3v) is 2.75. The fourth-order valence-corrected chi connectivity index (χ4v) is 1.75. The lowest BCUT2D eigenvalue weighted by Gasteiger charge is -2.04. The highest BCUT2D eigenvalue weighted by molar-refractivity contribution is 5.88. The van der Waals surface area contributed by atoms with Crippen molar-refractivity contribution in [1.29, 1.82) is 5.26 Å². The normalized spacial score (nSPS) is 10.1. The SMILES string of the molecule is Cc1oc(CNc2ccc(F)c(C#N)c2)cc1C(=O)O. The number of aryl methyl sites for hydroxylation is 1. The summed E-state index contributed by atoms with van der Waals surface area (Å²) in [6.07, 6.45) is 0. The molecule has 0 saturated heterocycles. The Morgan fingerprint density at radius 3 is 2.85 bits per heavy atom. The number of furan rings is 1. The van der Waals surface area contributed by atoms with Gasteiger partial charge in [-0.25, -0.2) is 9.18 Å². The van der Waals surface area contributed by atoms with Gasteiger partial charge in [0.25, 0.3) is 0 Å². The summed E-state index contributed by atoms with van der Waals surface area (Å²) in [5.74, 6) is -0.861. The van der Waals surface area contributed by atoms with Crippen LogP contribution in [0.25, 0.3) is 0 Å². The molecule has 0 aliphatic carbocycles. The van der Waals surface area contributed by atoms with E-state index in [9.17, 15) is 9.18 Å². The van der Waals surface area contributed by atoms with Crippen LogP contribution >= 0.6 is 0 Å². The molecule has 0 spiro atoms. The first-order chi connectivity index (χ1) is 9.51. The van der Waals surface area contributed by atoms with Crippen LogP contribution in [0.2, 0.25) is 0 Å². The van der Waals surface area contributed by atoms with Gasteiger partial charge in [0.05, 0.1) is 12.1 Å². The largest absolute Gasteiger partial charge is 0.478 e. The minimum absolute atomic E-state index is 0.0585. The Morgan fingerprint density at radius 1 is 1.50 bits per heavy atom. The second-order valence-corrected chi connectivity index (χ2v) is 4.15. The zero-order valence-corrected chi connectivity index (χ0v) is 10.6. The first kappa shape index (κ1) is 13.6. The van der Waals surface area contributed by atoms with Crippen LogP contribution in [-0.2, 0) is 6.54 Å². The Bertz CT molecular complexity index is 701. The Balaban J connectivity index is 2.11. The lowest BCUT2D eigenvalue weighted by Crippen LogP contribution is -1.99. The number of nitriles is 1. The number of nitrogens with one attached hydrogen (secondary N) is 1. The van der Waals surface area contributed by atoms with Crippen LogP contribution in [0.1, 0.15) is 27.4 Å². The molecule has 0 fully saturated rings. The van der Waals surface area contributed by atoms with Crippen molar-refractivity contribution in [3.8, 4) is 6.07 Å². The van der Waals surface area contributed by atoms with Crippen molar-refractivity contribution in [2.24, 2.45) is 0 Å². The average molecular weight is 274 g/mol. The van der Waals surface area contributed by atoms with E-state index in [1.165, 1.54) is 24.3 Å². The van der Waals surface area contributed by atoms with Gasteiger partial charge in [0.15, 0.2) is 0 Å². The molecule has 2 N–H and O–H groups in total. The van der Waals surface area contributed by atoms with E-state index in [0.717, 1.165) is 0 Å². The first-order valence-corrected chi connectivity index (χ1v) is 5.77. The van der Waals surface area contributed by atoms with Crippen LogP contribution in [0.3, 0.4) is 0 Å². The maximum Gasteiger partial charge on any atom is 0.339 e. The lowest BCUT2D eigenvalue weighted by atomic mass is 10.2. The van der Waals surface area contributed by atoms with Gasteiger partial charge < -0.3 is 14.8 Å². The second-order valence-electron chi connectivity index (χ2n) is 4.15. The number of carboxylic acids is 1. The van der Waals surface area contributed by atoms with Crippen LogP contribution < -0.4 is 5.32 Å². The molecule has 0 unspecified atom stereocenters. The molecular formula is C14H11FN2O3. The quantitative estimate of drug-likeness (QED) is 0.895. The van der Waals surface area contributed by atoms with Crippen LogP contribution in [0, 0.1) is 24.1 Å². The number of anilines is 1. The average Bonchev–Trinajstić information content (AvgIpc) is 2.79. The Kier molecular flexibility index (Phi) is 3.71. The predicted octanol–water partition coefficient (Wildman–Crippen LogP) is 2.91. The van der Waals surface area contributed by atoms with Crippen LogP contribution in [0.15, 0.2) is 28.7 Å². The minimum atomic E-state index is -1.05. The van der Waals surface area contributed by atoms with Crippen molar-refractivity contribution < 1.29 is 18.7 Å². The van der Waals surface area contributed by atoms with E-state index < -0.39 is 11.8 Å². The summed E-state index contributed by atoms with van der Waals surface area (Å²) in [6.45, 7) is 1.81. The number of benzene rings is 1. The molecule has 20 heavy (non-hydrogen) atoms. The predicted molar refractivity (Wildman–Crippen MR) is 68.8 cm³/mol. The third kappa shape index (κ3) is 2.78. The molecule has 0 radical (unpaired) electrons. The van der Waals surface area contributed by atoms with E-state index in [4.69, 9.17) is 14.8 Å². The number of nitrogens with zero attached hydrogens (tertiary/aromatic N) is 1. The van der Waals surface area contributed by atoms with E-state index >= 15 is 0 Å². The summed E-state index contributed by atoms with van der Waals surface area (Å²) in [7, 11) is 0. The molecule has 1 aromatic heterocycles. The highest BCUT2D eigenvalue weighted by Crippen LogP contribution is 2.18. The number of hydrogen-bond donors (Lipinski definition) is 2. The molecule has 102 valence electrons. The summed E-state index contributed by atoms with van der Waals surface area (Å²) in [5.41, 5.74) is 0.601. The van der Waals surface area contributed by atoms with Gasteiger partial charge in [-0.05, 0) is 31.2 Å². The monoisotopic (exact) mass is 274 g/mol. The maximum absolute atomic E-state index is 13.1. The van der Waals surface area contributed by atoms with Crippen molar-refractivity contribution in [2.75, 3.05) is 5.32 Å². The van der Waals surface area contributed by atoms with Gasteiger partial charge in [-0.3, -0.25) is 0 Å². The zero-order chi connectivity index (χ0) is 14.7. The molecule has 0 aliphatic rings. The van der Waals surface area contributed by atoms with Crippen molar-refractivity contribution in [3.63, 3.8) is 0 Å². The molecule has 2 rings (SSSR count). The van der Waals surface area contributed by atoms with E-state index in [0.29, 0.717) is 17.2 Å². The molecule has 6 heteroatoms. The number of carbonyl (C=O) groups is 1. The van der Waals surface area contributed by atoms with Gasteiger partial charge in [0, 0.05) is 5.69 Å². The number of carboxylic acid groups (broad SMARTS) is 1. The van der Waals surface area contributed by atoms with E-state index in [1.54, 1.807) is 13.0 Å². The Hall–Kier alpha value is -2.81. The van der Waals surface area contributed by atoms with Gasteiger partial charge in [-0.15, -0.1) is 0 Å². The zero-order valence-electron chi connectivity index (χ0n) is 10.6. The summed E-state index contributed by atoms with van der Waals surface area (Å²) < 4.78 is 18.4. The molecule has 0 amide bonds. The molecule has 0 atom stereocenters. The fraction of sp³-hybridized carbons (Fsp3) is 0.143. The van der Waals surface area contributed by atoms with Crippen molar-refractivity contribution in [2.45, 2.75) is 13.5 Å². The molecular weight excluding hydrogens is 263 g/mol. The molecule has 2 aromatic rings. The fourth-order valence-electron chi connectivity index (χ4n) is 1.75. The molecule has 5 nitrogen and oxygen atoms in total. The highest BCUT2D eigenvalue weighted by atomic mass is 19.1. The standard InChI is InChI=1S/C14H11FN2O3/c1-8-12(14(18)19)5-11(20-8)7-17-10-2-3-13(15)9(4-10)6-16/h2-5,17H,7H2,1H3,(H,18,19). The van der Waals surface area contributed by atoms with Crippen LogP contribution in [0.4, 0.5) is 10.1 Å². The Labute approximate surface area is 114 Å². The van der Waals surface area contributed by atoms with Gasteiger partial charge in [-0.2, -0.15) is 5.26 Å². The molecule has 1 aromatic carbocycles. The smallest absolute Gasteiger partial charge is 0.339 e. The Morgan fingerprint density at radius 2 is 2.25 bits per heavy atom. The van der Waals surface area contributed by atoms with Gasteiger partial charge in [0.2, 0.25) is 0 Å². The topological polar surface area (TPSA) is 86.3 Å². The molecule has 0 bridgehead atoms. The molecule has 0 saturated carbocycles. The van der Waals surface area contributed by atoms with Crippen molar-refractivity contribution in [1.82, 2.24) is 0 Å². The first-order valence-electron chi connectivity index (χ1n) is 5.77.